The van der Waals surface area contributed by atoms with E-state index in [0.29, 0.717) is 23.3 Å². The van der Waals surface area contributed by atoms with E-state index >= 15 is 0 Å². The molecule has 0 fully saturated rings. The van der Waals surface area contributed by atoms with E-state index in [4.69, 9.17) is 9.52 Å². The number of aliphatic carboxylic acids is 1. The molecule has 72 valence electrons. The van der Waals surface area contributed by atoms with Crippen LogP contribution in [0, 0.1) is 6.92 Å². The van der Waals surface area contributed by atoms with E-state index < -0.39 is 5.97 Å². The molecule has 0 amide bonds. The van der Waals surface area contributed by atoms with Gasteiger partial charge in [0.05, 0.1) is 0 Å². The molecule has 1 heterocycles. The molecule has 0 aliphatic heterocycles. The lowest BCUT2D eigenvalue weighted by molar-refractivity contribution is -0.137. The Balaban J connectivity index is 2.16. The largest absolute Gasteiger partial charge is 0.481 e. The van der Waals surface area contributed by atoms with Crippen LogP contribution in [0.1, 0.15) is 18.7 Å². The average molecular weight is 202 g/mol. The minimum Gasteiger partial charge on any atom is -0.481 e. The van der Waals surface area contributed by atoms with E-state index in [1.807, 2.05) is 0 Å². The molecule has 0 aliphatic carbocycles. The molecule has 0 aliphatic rings. The Hall–Kier alpha value is -1.04. The van der Waals surface area contributed by atoms with Gasteiger partial charge in [0.25, 0.3) is 5.22 Å². The zero-order chi connectivity index (χ0) is 9.68. The summed E-state index contributed by atoms with van der Waals surface area (Å²) in [7, 11) is 0. The number of hydrogen-bond acceptors (Lipinski definition) is 5. The predicted octanol–water partition coefficient (Wildman–Crippen LogP) is 1.33. The third-order valence-corrected chi connectivity index (χ3v) is 2.17. The fourth-order valence-corrected chi connectivity index (χ4v) is 1.46. The lowest BCUT2D eigenvalue weighted by Gasteiger charge is -1.92. The van der Waals surface area contributed by atoms with Crippen molar-refractivity contribution >= 4 is 17.7 Å². The van der Waals surface area contributed by atoms with Gasteiger partial charge in [-0.15, -0.1) is 10.2 Å². The van der Waals surface area contributed by atoms with Crippen LogP contribution in [-0.4, -0.2) is 27.0 Å². The van der Waals surface area contributed by atoms with Gasteiger partial charge in [0, 0.05) is 19.1 Å². The van der Waals surface area contributed by atoms with Crippen LogP contribution in [0.2, 0.25) is 0 Å². The van der Waals surface area contributed by atoms with Crippen molar-refractivity contribution in [3.63, 3.8) is 0 Å². The number of carboxylic acids is 1. The van der Waals surface area contributed by atoms with Gasteiger partial charge < -0.3 is 9.52 Å². The zero-order valence-corrected chi connectivity index (χ0v) is 8.00. The van der Waals surface area contributed by atoms with Crippen LogP contribution < -0.4 is 0 Å². The van der Waals surface area contributed by atoms with Crippen molar-refractivity contribution in [2.75, 3.05) is 5.75 Å². The second-order valence-corrected chi connectivity index (χ2v) is 3.48. The van der Waals surface area contributed by atoms with Crippen molar-refractivity contribution in [2.24, 2.45) is 0 Å². The van der Waals surface area contributed by atoms with Gasteiger partial charge in [-0.2, -0.15) is 0 Å². The van der Waals surface area contributed by atoms with E-state index in [0.717, 1.165) is 0 Å². The summed E-state index contributed by atoms with van der Waals surface area (Å²) < 4.78 is 5.08. The standard InChI is InChI=1S/C7H10N2O3S/c1-5-8-9-7(12-5)13-4-2-3-6(10)11/h2-4H2,1H3,(H,10,11). The van der Waals surface area contributed by atoms with Crippen LogP contribution in [-0.2, 0) is 4.79 Å². The summed E-state index contributed by atoms with van der Waals surface area (Å²) >= 11 is 1.38. The Labute approximate surface area is 79.5 Å². The first-order chi connectivity index (χ1) is 6.18. The van der Waals surface area contributed by atoms with Crippen LogP contribution in [0.15, 0.2) is 9.64 Å². The molecule has 0 radical (unpaired) electrons. The van der Waals surface area contributed by atoms with Crippen LogP contribution in [0.25, 0.3) is 0 Å². The van der Waals surface area contributed by atoms with Crippen molar-refractivity contribution in [1.29, 1.82) is 0 Å². The summed E-state index contributed by atoms with van der Waals surface area (Å²) in [5, 5.41) is 16.3. The fraction of sp³-hybridized carbons (Fsp3) is 0.571. The molecule has 0 aromatic carbocycles. The maximum absolute atomic E-state index is 10.2. The molecule has 5 nitrogen and oxygen atoms in total. The number of carbonyl (C=O) groups is 1. The molecule has 1 aromatic heterocycles. The predicted molar refractivity (Wildman–Crippen MR) is 46.6 cm³/mol. The number of nitrogens with zero attached hydrogens (tertiary/aromatic N) is 2. The monoisotopic (exact) mass is 202 g/mol. The minimum absolute atomic E-state index is 0.181. The molecular weight excluding hydrogens is 192 g/mol. The first-order valence-corrected chi connectivity index (χ1v) is 4.82. The highest BCUT2D eigenvalue weighted by Crippen LogP contribution is 2.16. The van der Waals surface area contributed by atoms with E-state index in [2.05, 4.69) is 10.2 Å². The number of thioether (sulfide) groups is 1. The highest BCUT2D eigenvalue weighted by atomic mass is 32.2. The number of aryl methyl sites for hydroxylation is 1. The summed E-state index contributed by atoms with van der Waals surface area (Å²) in [5.74, 6) is 0.441. The van der Waals surface area contributed by atoms with E-state index in [1.165, 1.54) is 11.8 Å². The van der Waals surface area contributed by atoms with Gasteiger partial charge in [-0.25, -0.2) is 0 Å². The van der Waals surface area contributed by atoms with Crippen LogP contribution >= 0.6 is 11.8 Å². The smallest absolute Gasteiger partial charge is 0.303 e. The first kappa shape index (κ1) is 10.0. The lowest BCUT2D eigenvalue weighted by Crippen LogP contribution is -1.94. The van der Waals surface area contributed by atoms with Crippen molar-refractivity contribution in [3.05, 3.63) is 5.89 Å². The second kappa shape index (κ2) is 4.86. The molecule has 1 rings (SSSR count). The van der Waals surface area contributed by atoms with Gasteiger partial charge >= 0.3 is 5.97 Å². The van der Waals surface area contributed by atoms with Gasteiger partial charge in [0.1, 0.15) is 0 Å². The summed E-state index contributed by atoms with van der Waals surface area (Å²) in [6, 6.07) is 0. The Kier molecular flexibility index (Phi) is 3.75. The molecule has 0 bridgehead atoms. The van der Waals surface area contributed by atoms with Gasteiger partial charge in [-0.05, 0) is 6.42 Å². The topological polar surface area (TPSA) is 76.2 Å². The summed E-state index contributed by atoms with van der Waals surface area (Å²) in [6.45, 7) is 1.72. The first-order valence-electron chi connectivity index (χ1n) is 3.83. The van der Waals surface area contributed by atoms with Gasteiger partial charge in [0.2, 0.25) is 5.89 Å². The Morgan fingerprint density at radius 1 is 1.62 bits per heavy atom. The molecule has 0 saturated carbocycles. The fourth-order valence-electron chi connectivity index (χ4n) is 0.720. The highest BCUT2D eigenvalue weighted by Gasteiger charge is 2.03. The Morgan fingerprint density at radius 3 is 2.92 bits per heavy atom. The lowest BCUT2D eigenvalue weighted by atomic mass is 10.3. The second-order valence-electron chi connectivity index (χ2n) is 2.43. The van der Waals surface area contributed by atoms with E-state index in [-0.39, 0.29) is 6.42 Å². The zero-order valence-electron chi connectivity index (χ0n) is 7.19. The van der Waals surface area contributed by atoms with Gasteiger partial charge in [-0.3, -0.25) is 4.79 Å². The van der Waals surface area contributed by atoms with Gasteiger partial charge in [-0.1, -0.05) is 11.8 Å². The quantitative estimate of drug-likeness (QED) is 0.573. The molecule has 1 N–H and O–H groups in total. The molecule has 0 spiro atoms. The number of rotatable bonds is 5. The SMILES string of the molecule is Cc1nnc(SCCCC(=O)O)o1. The number of hydrogen-bond donors (Lipinski definition) is 1. The van der Waals surface area contributed by atoms with Crippen molar-refractivity contribution in [2.45, 2.75) is 25.0 Å². The van der Waals surface area contributed by atoms with Crippen molar-refractivity contribution < 1.29 is 14.3 Å². The summed E-state index contributed by atoms with van der Waals surface area (Å²) in [5.41, 5.74) is 0. The molecule has 0 atom stereocenters. The van der Waals surface area contributed by atoms with Crippen LogP contribution in [0.5, 0.6) is 0 Å². The van der Waals surface area contributed by atoms with Crippen LogP contribution in [0.4, 0.5) is 0 Å². The van der Waals surface area contributed by atoms with E-state index in [9.17, 15) is 4.79 Å². The molecule has 13 heavy (non-hydrogen) atoms. The molecule has 6 heteroatoms. The summed E-state index contributed by atoms with van der Waals surface area (Å²) in [4.78, 5) is 10.2. The maximum Gasteiger partial charge on any atom is 0.303 e. The average Bonchev–Trinajstić information content (AvgIpc) is 2.45. The molecule has 0 saturated heterocycles. The Morgan fingerprint density at radius 2 is 2.38 bits per heavy atom. The van der Waals surface area contributed by atoms with Crippen LogP contribution in [0.3, 0.4) is 0 Å². The van der Waals surface area contributed by atoms with Crippen molar-refractivity contribution in [3.8, 4) is 0 Å². The van der Waals surface area contributed by atoms with E-state index in [1.54, 1.807) is 6.92 Å². The van der Waals surface area contributed by atoms with Gasteiger partial charge in [0.15, 0.2) is 0 Å². The molecule has 0 unspecified atom stereocenters. The highest BCUT2D eigenvalue weighted by molar-refractivity contribution is 7.99. The molecular formula is C7H10N2O3S. The number of carboxylic acid groups (broad SMARTS) is 1. The summed E-state index contributed by atoms with van der Waals surface area (Å²) in [6.07, 6.45) is 0.793. The third-order valence-electron chi connectivity index (χ3n) is 1.27. The Bertz CT molecular complexity index is 287. The normalized spacial score (nSPS) is 10.2. The van der Waals surface area contributed by atoms with Crippen molar-refractivity contribution in [1.82, 2.24) is 10.2 Å². The molecule has 1 aromatic rings. The minimum atomic E-state index is -0.776. The third kappa shape index (κ3) is 3.93. The maximum atomic E-state index is 10.2. The number of aromatic nitrogens is 2.